The van der Waals surface area contributed by atoms with Gasteiger partial charge in [-0.25, -0.2) is 4.79 Å². The van der Waals surface area contributed by atoms with Gasteiger partial charge in [-0.05, 0) is 23.6 Å². The summed E-state index contributed by atoms with van der Waals surface area (Å²) in [7, 11) is 0. The summed E-state index contributed by atoms with van der Waals surface area (Å²) in [6.45, 7) is 0.498. The summed E-state index contributed by atoms with van der Waals surface area (Å²) in [6, 6.07) is 13.3. The normalized spacial score (nSPS) is 10.5. The van der Waals surface area contributed by atoms with Gasteiger partial charge in [-0.15, -0.1) is 0 Å². The van der Waals surface area contributed by atoms with Crippen molar-refractivity contribution in [1.29, 1.82) is 0 Å². The minimum atomic E-state index is -0.568. The minimum absolute atomic E-state index is 0.0756. The van der Waals surface area contributed by atoms with Gasteiger partial charge in [-0.1, -0.05) is 36.4 Å². The number of carbonyl (C=O) groups excluding carboxylic acids is 1. The molecular weight excluding hydrogens is 344 g/mol. The molecule has 27 heavy (non-hydrogen) atoms. The molecule has 0 atom stereocenters. The standard InChI is InChI=1S/C20H20N4O3/c25-18(9-8-15-7-4-10-21-11-15)24(13-16-5-2-1-3-6-16)14-17-12-22-20(27)23-19(17)26/h1-7,10-12H,8-9,13-14H2,(H2,22,23,26,27). The second-order valence-corrected chi connectivity index (χ2v) is 6.19. The highest BCUT2D eigenvalue weighted by atomic mass is 16.2. The van der Waals surface area contributed by atoms with Crippen LogP contribution in [0.2, 0.25) is 0 Å². The van der Waals surface area contributed by atoms with Crippen LogP contribution in [0.3, 0.4) is 0 Å². The molecule has 7 nitrogen and oxygen atoms in total. The van der Waals surface area contributed by atoms with E-state index in [1.807, 2.05) is 42.5 Å². The topological polar surface area (TPSA) is 98.9 Å². The van der Waals surface area contributed by atoms with Crippen molar-refractivity contribution in [1.82, 2.24) is 19.9 Å². The molecule has 1 aromatic carbocycles. The van der Waals surface area contributed by atoms with E-state index in [0.717, 1.165) is 11.1 Å². The summed E-state index contributed by atoms with van der Waals surface area (Å²) in [4.78, 5) is 46.4. The van der Waals surface area contributed by atoms with E-state index in [0.29, 0.717) is 24.9 Å². The van der Waals surface area contributed by atoms with Gasteiger partial charge in [0.05, 0.1) is 12.1 Å². The number of rotatable bonds is 7. The fourth-order valence-electron chi connectivity index (χ4n) is 2.75. The Morgan fingerprint density at radius 2 is 1.78 bits per heavy atom. The van der Waals surface area contributed by atoms with Crippen molar-refractivity contribution >= 4 is 5.91 Å². The first-order valence-electron chi connectivity index (χ1n) is 8.63. The van der Waals surface area contributed by atoms with Crippen LogP contribution in [0.5, 0.6) is 0 Å². The molecule has 0 aliphatic carbocycles. The van der Waals surface area contributed by atoms with Gasteiger partial charge in [-0.3, -0.25) is 19.6 Å². The van der Waals surface area contributed by atoms with Crippen LogP contribution in [-0.2, 0) is 24.3 Å². The van der Waals surface area contributed by atoms with Gasteiger partial charge < -0.3 is 9.88 Å². The molecule has 0 aliphatic rings. The van der Waals surface area contributed by atoms with Gasteiger partial charge in [0.2, 0.25) is 5.91 Å². The largest absolute Gasteiger partial charge is 0.334 e. The zero-order valence-electron chi connectivity index (χ0n) is 14.7. The third-order valence-electron chi connectivity index (χ3n) is 4.18. The molecule has 0 aliphatic heterocycles. The maximum absolute atomic E-state index is 12.8. The number of nitrogens with one attached hydrogen (secondary N) is 2. The van der Waals surface area contributed by atoms with Crippen molar-refractivity contribution in [2.24, 2.45) is 0 Å². The molecule has 0 radical (unpaired) electrons. The molecular formula is C20H20N4O3. The Morgan fingerprint density at radius 3 is 2.48 bits per heavy atom. The van der Waals surface area contributed by atoms with E-state index in [-0.39, 0.29) is 12.5 Å². The van der Waals surface area contributed by atoms with Crippen molar-refractivity contribution < 1.29 is 4.79 Å². The molecule has 2 aromatic heterocycles. The van der Waals surface area contributed by atoms with Gasteiger partial charge in [0.15, 0.2) is 0 Å². The van der Waals surface area contributed by atoms with Crippen molar-refractivity contribution in [3.05, 3.63) is 98.6 Å². The number of pyridine rings is 1. The number of aryl methyl sites for hydroxylation is 1. The molecule has 3 aromatic rings. The van der Waals surface area contributed by atoms with E-state index in [2.05, 4.69) is 15.0 Å². The Labute approximate surface area is 155 Å². The first-order valence-corrected chi connectivity index (χ1v) is 8.63. The Bertz CT molecular complexity index is 997. The van der Waals surface area contributed by atoms with Crippen LogP contribution in [0.1, 0.15) is 23.1 Å². The summed E-state index contributed by atoms with van der Waals surface area (Å²) in [5, 5.41) is 0. The number of aromatic nitrogens is 3. The van der Waals surface area contributed by atoms with E-state index in [9.17, 15) is 14.4 Å². The second kappa shape index (κ2) is 8.75. The lowest BCUT2D eigenvalue weighted by Gasteiger charge is -2.22. The third-order valence-corrected chi connectivity index (χ3v) is 4.18. The average molecular weight is 364 g/mol. The molecule has 0 saturated heterocycles. The van der Waals surface area contributed by atoms with Gasteiger partial charge >= 0.3 is 5.69 Å². The molecule has 0 saturated carbocycles. The first kappa shape index (κ1) is 18.3. The van der Waals surface area contributed by atoms with Gasteiger partial charge in [0.25, 0.3) is 5.56 Å². The number of aromatic amines is 2. The van der Waals surface area contributed by atoms with Gasteiger partial charge in [0.1, 0.15) is 0 Å². The highest BCUT2D eigenvalue weighted by Crippen LogP contribution is 2.11. The Morgan fingerprint density at radius 1 is 1.00 bits per heavy atom. The smallest absolute Gasteiger partial charge is 0.325 e. The molecule has 0 bridgehead atoms. The van der Waals surface area contributed by atoms with Crippen LogP contribution in [0, 0.1) is 0 Å². The van der Waals surface area contributed by atoms with E-state index < -0.39 is 11.2 Å². The van der Waals surface area contributed by atoms with E-state index in [1.165, 1.54) is 6.20 Å². The Balaban J connectivity index is 1.77. The van der Waals surface area contributed by atoms with Crippen LogP contribution in [0.25, 0.3) is 0 Å². The molecule has 2 heterocycles. The first-order chi connectivity index (χ1) is 13.1. The van der Waals surface area contributed by atoms with Gasteiger partial charge in [-0.2, -0.15) is 0 Å². The molecule has 0 fully saturated rings. The summed E-state index contributed by atoms with van der Waals surface area (Å²) in [5.74, 6) is -0.0756. The summed E-state index contributed by atoms with van der Waals surface area (Å²) in [6.07, 6.45) is 5.66. The Hall–Kier alpha value is -3.48. The lowest BCUT2D eigenvalue weighted by molar-refractivity contribution is -0.132. The van der Waals surface area contributed by atoms with E-state index >= 15 is 0 Å². The Kier molecular flexibility index (Phi) is 5.94. The number of amides is 1. The lowest BCUT2D eigenvalue weighted by Crippen LogP contribution is -2.34. The maximum atomic E-state index is 12.8. The second-order valence-electron chi connectivity index (χ2n) is 6.19. The molecule has 7 heteroatoms. The number of benzene rings is 1. The predicted molar refractivity (Wildman–Crippen MR) is 101 cm³/mol. The monoisotopic (exact) mass is 364 g/mol. The molecule has 138 valence electrons. The molecule has 0 unspecified atom stereocenters. The molecule has 2 N–H and O–H groups in total. The van der Waals surface area contributed by atoms with Crippen LogP contribution >= 0.6 is 0 Å². The molecule has 0 spiro atoms. The fourth-order valence-corrected chi connectivity index (χ4v) is 2.75. The van der Waals surface area contributed by atoms with Crippen LogP contribution < -0.4 is 11.2 Å². The SMILES string of the molecule is O=C(CCc1cccnc1)N(Cc1ccccc1)Cc1c[nH]c(=O)[nH]c1=O. The molecule has 1 amide bonds. The highest BCUT2D eigenvalue weighted by molar-refractivity contribution is 5.76. The van der Waals surface area contributed by atoms with Gasteiger partial charge in [0, 0.05) is 31.6 Å². The minimum Gasteiger partial charge on any atom is -0.334 e. The summed E-state index contributed by atoms with van der Waals surface area (Å²) in [5.41, 5.74) is 1.22. The summed E-state index contributed by atoms with van der Waals surface area (Å²) >= 11 is 0. The van der Waals surface area contributed by atoms with Crippen LogP contribution in [0.15, 0.2) is 70.6 Å². The number of hydrogen-bond acceptors (Lipinski definition) is 4. The number of nitrogens with zero attached hydrogens (tertiary/aromatic N) is 2. The maximum Gasteiger partial charge on any atom is 0.325 e. The summed E-state index contributed by atoms with van der Waals surface area (Å²) < 4.78 is 0. The zero-order valence-corrected chi connectivity index (χ0v) is 14.7. The third kappa shape index (κ3) is 5.24. The average Bonchev–Trinajstić information content (AvgIpc) is 2.69. The molecule has 3 rings (SSSR count). The van der Waals surface area contributed by atoms with Crippen molar-refractivity contribution in [2.45, 2.75) is 25.9 Å². The fraction of sp³-hybridized carbons (Fsp3) is 0.200. The van der Waals surface area contributed by atoms with Crippen molar-refractivity contribution in [3.63, 3.8) is 0 Å². The van der Waals surface area contributed by atoms with Crippen LogP contribution in [0.4, 0.5) is 0 Å². The lowest BCUT2D eigenvalue weighted by atomic mass is 10.1. The number of carbonyl (C=O) groups is 1. The highest BCUT2D eigenvalue weighted by Gasteiger charge is 2.16. The predicted octanol–water partition coefficient (Wildman–Crippen LogP) is 1.62. The van der Waals surface area contributed by atoms with Crippen molar-refractivity contribution in [3.8, 4) is 0 Å². The zero-order chi connectivity index (χ0) is 19.1. The number of hydrogen-bond donors (Lipinski definition) is 2. The quantitative estimate of drug-likeness (QED) is 0.665. The van der Waals surface area contributed by atoms with Crippen LogP contribution in [-0.4, -0.2) is 25.8 Å². The van der Waals surface area contributed by atoms with Crippen molar-refractivity contribution in [2.75, 3.05) is 0 Å². The van der Waals surface area contributed by atoms with E-state index in [1.54, 1.807) is 17.3 Å². The van der Waals surface area contributed by atoms with E-state index in [4.69, 9.17) is 0 Å². The number of H-pyrrole nitrogens is 2.